The lowest BCUT2D eigenvalue weighted by molar-refractivity contribution is -0.119. The minimum atomic E-state index is -0.953. The molecule has 0 heterocycles. The maximum Gasteiger partial charge on any atom is 0.340 e. The second kappa shape index (κ2) is 7.77. The number of anilines is 1. The molecule has 0 bridgehead atoms. The molecule has 1 amide bonds. The largest absolute Gasteiger partial charge is 0.452 e. The van der Waals surface area contributed by atoms with E-state index in [-0.39, 0.29) is 15.6 Å². The summed E-state index contributed by atoms with van der Waals surface area (Å²) in [6.45, 7) is -0.584. The van der Waals surface area contributed by atoms with Gasteiger partial charge in [0.2, 0.25) is 0 Å². The van der Waals surface area contributed by atoms with Gasteiger partial charge < -0.3 is 10.1 Å². The predicted molar refractivity (Wildman–Crippen MR) is 86.5 cm³/mol. The first-order chi connectivity index (χ1) is 11.4. The van der Waals surface area contributed by atoms with Crippen LogP contribution in [0.3, 0.4) is 0 Å². The number of rotatable bonds is 4. The van der Waals surface area contributed by atoms with Crippen molar-refractivity contribution < 1.29 is 18.7 Å². The fraction of sp³-hybridized carbons (Fsp3) is 0.0625. The summed E-state index contributed by atoms with van der Waals surface area (Å²) in [6, 6.07) is 9.97. The van der Waals surface area contributed by atoms with Crippen LogP contribution in [0.1, 0.15) is 15.9 Å². The quantitative estimate of drug-likeness (QED) is 0.659. The molecule has 0 aliphatic carbocycles. The van der Waals surface area contributed by atoms with E-state index >= 15 is 0 Å². The molecule has 0 aromatic heterocycles. The Hall–Kier alpha value is -2.62. The number of amides is 1. The number of ether oxygens (including phenoxy) is 1. The molecule has 2 rings (SSSR count). The molecule has 0 fully saturated rings. The number of carbonyl (C=O) groups is 2. The normalized spacial score (nSPS) is 9.92. The number of esters is 1. The van der Waals surface area contributed by atoms with E-state index in [0.717, 1.165) is 12.1 Å². The molecular formula is C16H9Cl2FN2O3. The van der Waals surface area contributed by atoms with Crippen LogP contribution in [0.4, 0.5) is 10.1 Å². The van der Waals surface area contributed by atoms with E-state index in [1.54, 1.807) is 0 Å². The molecule has 1 N–H and O–H groups in total. The Kier molecular flexibility index (Phi) is 5.74. The van der Waals surface area contributed by atoms with Gasteiger partial charge in [-0.1, -0.05) is 23.2 Å². The minimum Gasteiger partial charge on any atom is -0.452 e. The Bertz CT molecular complexity index is 832. The van der Waals surface area contributed by atoms with Gasteiger partial charge in [0.15, 0.2) is 6.61 Å². The third-order valence-corrected chi connectivity index (χ3v) is 3.46. The van der Waals surface area contributed by atoms with Crippen LogP contribution in [0.5, 0.6) is 0 Å². The van der Waals surface area contributed by atoms with Gasteiger partial charge in [-0.3, -0.25) is 4.79 Å². The molecular weight excluding hydrogens is 358 g/mol. The molecule has 8 heteroatoms. The van der Waals surface area contributed by atoms with Gasteiger partial charge in [-0.05, 0) is 36.4 Å². The van der Waals surface area contributed by atoms with Gasteiger partial charge in [-0.2, -0.15) is 5.26 Å². The fourth-order valence-electron chi connectivity index (χ4n) is 1.71. The zero-order valence-corrected chi connectivity index (χ0v) is 13.5. The van der Waals surface area contributed by atoms with Crippen molar-refractivity contribution in [3.63, 3.8) is 0 Å². The van der Waals surface area contributed by atoms with Crippen LogP contribution in [-0.4, -0.2) is 18.5 Å². The lowest BCUT2D eigenvalue weighted by Gasteiger charge is -2.08. The van der Waals surface area contributed by atoms with Crippen LogP contribution in [0.15, 0.2) is 36.4 Å². The second-order valence-electron chi connectivity index (χ2n) is 4.56. The highest BCUT2D eigenvalue weighted by molar-refractivity contribution is 6.36. The van der Waals surface area contributed by atoms with E-state index in [4.69, 9.17) is 33.2 Å². The Morgan fingerprint density at radius 2 is 1.83 bits per heavy atom. The number of nitrogens with zero attached hydrogens (tertiary/aromatic N) is 1. The maximum atomic E-state index is 13.4. The van der Waals surface area contributed by atoms with Gasteiger partial charge in [0.25, 0.3) is 5.91 Å². The van der Waals surface area contributed by atoms with Crippen LogP contribution in [0.25, 0.3) is 0 Å². The third-order valence-electron chi connectivity index (χ3n) is 2.86. The highest BCUT2D eigenvalue weighted by Gasteiger charge is 2.17. The van der Waals surface area contributed by atoms with Crippen LogP contribution in [0, 0.1) is 17.1 Å². The number of carbonyl (C=O) groups excluding carboxylic acids is 2. The van der Waals surface area contributed by atoms with Crippen molar-refractivity contribution in [3.8, 4) is 6.07 Å². The minimum absolute atomic E-state index is 0.0844. The number of halogens is 3. The smallest absolute Gasteiger partial charge is 0.340 e. The molecule has 0 spiro atoms. The molecule has 2 aromatic carbocycles. The zero-order valence-electron chi connectivity index (χ0n) is 12.0. The highest BCUT2D eigenvalue weighted by atomic mass is 35.5. The molecule has 5 nitrogen and oxygen atoms in total. The zero-order chi connectivity index (χ0) is 17.7. The summed E-state index contributed by atoms with van der Waals surface area (Å²) in [5.41, 5.74) is 0.647. The first kappa shape index (κ1) is 17.7. The van der Waals surface area contributed by atoms with Crippen molar-refractivity contribution >= 4 is 40.8 Å². The fourth-order valence-corrected chi connectivity index (χ4v) is 2.17. The van der Waals surface area contributed by atoms with Crippen molar-refractivity contribution in [1.29, 1.82) is 5.26 Å². The molecule has 122 valence electrons. The lowest BCUT2D eigenvalue weighted by atomic mass is 10.2. The van der Waals surface area contributed by atoms with E-state index in [1.807, 2.05) is 6.07 Å². The van der Waals surface area contributed by atoms with E-state index in [0.29, 0.717) is 11.3 Å². The molecule has 0 saturated carbocycles. The van der Waals surface area contributed by atoms with E-state index < -0.39 is 24.3 Å². The predicted octanol–water partition coefficient (Wildman–Crippen LogP) is 3.80. The van der Waals surface area contributed by atoms with Gasteiger partial charge in [-0.25, -0.2) is 9.18 Å². The van der Waals surface area contributed by atoms with Gasteiger partial charge in [-0.15, -0.1) is 0 Å². The molecule has 0 unspecified atom stereocenters. The number of hydrogen-bond donors (Lipinski definition) is 1. The van der Waals surface area contributed by atoms with Crippen LogP contribution in [-0.2, 0) is 9.53 Å². The van der Waals surface area contributed by atoms with Crippen molar-refractivity contribution in [1.82, 2.24) is 0 Å². The summed E-state index contributed by atoms with van der Waals surface area (Å²) < 4.78 is 18.2. The monoisotopic (exact) mass is 366 g/mol. The van der Waals surface area contributed by atoms with Gasteiger partial charge in [0.05, 0.1) is 27.2 Å². The Balaban J connectivity index is 1.95. The Morgan fingerprint density at radius 3 is 2.46 bits per heavy atom. The van der Waals surface area contributed by atoms with Crippen molar-refractivity contribution in [2.75, 3.05) is 11.9 Å². The average molecular weight is 367 g/mol. The van der Waals surface area contributed by atoms with Crippen LogP contribution in [0.2, 0.25) is 10.0 Å². The topological polar surface area (TPSA) is 79.2 Å². The molecule has 0 aliphatic rings. The summed E-state index contributed by atoms with van der Waals surface area (Å²) >= 11 is 11.3. The summed E-state index contributed by atoms with van der Waals surface area (Å²) in [7, 11) is 0. The van der Waals surface area contributed by atoms with E-state index in [1.165, 1.54) is 24.3 Å². The average Bonchev–Trinajstić information content (AvgIpc) is 2.56. The van der Waals surface area contributed by atoms with Crippen LogP contribution >= 0.6 is 23.2 Å². The second-order valence-corrected chi connectivity index (χ2v) is 5.37. The number of nitrogens with one attached hydrogen (secondary N) is 1. The molecule has 0 radical (unpaired) electrons. The van der Waals surface area contributed by atoms with Gasteiger partial charge in [0, 0.05) is 5.69 Å². The Morgan fingerprint density at radius 1 is 1.17 bits per heavy atom. The van der Waals surface area contributed by atoms with Crippen molar-refractivity contribution in [3.05, 3.63) is 63.4 Å². The summed E-state index contributed by atoms with van der Waals surface area (Å²) in [5, 5.41) is 10.9. The molecule has 0 saturated heterocycles. The molecule has 24 heavy (non-hydrogen) atoms. The first-order valence-corrected chi connectivity index (χ1v) is 7.28. The van der Waals surface area contributed by atoms with Gasteiger partial charge in [0.1, 0.15) is 5.82 Å². The van der Waals surface area contributed by atoms with Crippen molar-refractivity contribution in [2.45, 2.75) is 0 Å². The lowest BCUT2D eigenvalue weighted by Crippen LogP contribution is -2.21. The first-order valence-electron chi connectivity index (χ1n) is 6.52. The maximum absolute atomic E-state index is 13.4. The third kappa shape index (κ3) is 4.44. The standard InChI is InChI=1S/C16H9Cl2FN2O3/c17-12-6-13(18)14(19)5-11(12)16(23)24-8-15(22)21-10-3-1-9(7-20)2-4-10/h1-6H,8H2,(H,21,22). The summed E-state index contributed by atoms with van der Waals surface area (Å²) in [4.78, 5) is 23.6. The number of hydrogen-bond acceptors (Lipinski definition) is 4. The molecule has 0 aliphatic heterocycles. The number of benzene rings is 2. The SMILES string of the molecule is N#Cc1ccc(NC(=O)COC(=O)c2cc(F)c(Cl)cc2Cl)cc1. The van der Waals surface area contributed by atoms with E-state index in [2.05, 4.69) is 5.32 Å². The Labute approximate surface area is 146 Å². The highest BCUT2D eigenvalue weighted by Crippen LogP contribution is 2.24. The van der Waals surface area contributed by atoms with E-state index in [9.17, 15) is 14.0 Å². The van der Waals surface area contributed by atoms with Crippen LogP contribution < -0.4 is 5.32 Å². The molecule has 2 aromatic rings. The molecule has 0 atom stereocenters. The summed E-state index contributed by atoms with van der Waals surface area (Å²) in [5.74, 6) is -2.38. The van der Waals surface area contributed by atoms with Crippen molar-refractivity contribution in [2.24, 2.45) is 0 Å². The van der Waals surface area contributed by atoms with Gasteiger partial charge >= 0.3 is 5.97 Å². The number of nitriles is 1. The summed E-state index contributed by atoms with van der Waals surface area (Å²) in [6.07, 6.45) is 0.